The van der Waals surface area contributed by atoms with Crippen LogP contribution in [0.4, 0.5) is 5.69 Å². The van der Waals surface area contributed by atoms with Crippen molar-refractivity contribution in [3.63, 3.8) is 0 Å². The van der Waals surface area contributed by atoms with Crippen LogP contribution in [0.1, 0.15) is 30.4 Å². The molecule has 214 valence electrons. The summed E-state index contributed by atoms with van der Waals surface area (Å²) in [6.07, 6.45) is 0.768. The van der Waals surface area contributed by atoms with E-state index in [1.807, 2.05) is 16.7 Å². The van der Waals surface area contributed by atoms with Crippen molar-refractivity contribution in [3.05, 3.63) is 90.0 Å². The van der Waals surface area contributed by atoms with Crippen molar-refractivity contribution < 1.29 is 27.6 Å². The topological polar surface area (TPSA) is 91.1 Å². The van der Waals surface area contributed by atoms with Crippen LogP contribution in [-0.4, -0.2) is 87.8 Å². The van der Waals surface area contributed by atoms with Crippen molar-refractivity contribution in [3.8, 4) is 5.75 Å². The molecule has 4 rings (SSSR count). The molecule has 0 saturated carbocycles. The highest BCUT2D eigenvalue weighted by Gasteiger charge is 2.23. The number of sulfone groups is 1. The average molecular weight is 567 g/mol. The molecule has 2 N–H and O–H groups in total. The Morgan fingerprint density at radius 3 is 2.20 bits per heavy atom. The van der Waals surface area contributed by atoms with Crippen LogP contribution in [0.3, 0.4) is 0 Å². The molecule has 0 aliphatic carbocycles. The molecule has 40 heavy (non-hydrogen) atoms. The first kappa shape index (κ1) is 29.6. The van der Waals surface area contributed by atoms with E-state index in [1.165, 1.54) is 30.4 Å². The maximum absolute atomic E-state index is 12.5. The second-order valence-corrected chi connectivity index (χ2v) is 12.1. The molecule has 0 bridgehead atoms. The summed E-state index contributed by atoms with van der Waals surface area (Å²) in [6.45, 7) is 6.64. The number of nitrogens with zero attached hydrogens (tertiary/aromatic N) is 2. The number of rotatable bonds is 12. The van der Waals surface area contributed by atoms with Gasteiger partial charge in [-0.3, -0.25) is 4.90 Å². The van der Waals surface area contributed by atoms with Crippen molar-refractivity contribution in [1.82, 2.24) is 4.90 Å². The maximum Gasteiger partial charge on any atom is 0.446 e. The quantitative estimate of drug-likeness (QED) is 0.191. The number of benzene rings is 3. The van der Waals surface area contributed by atoms with Crippen LogP contribution in [0.25, 0.3) is 0 Å². The molecule has 0 unspecified atom stereocenters. The number of aliphatic hydroxyl groups excluding tert-OH is 1. The first-order valence-corrected chi connectivity index (χ1v) is 15.4. The molecule has 0 spiro atoms. The zero-order chi connectivity index (χ0) is 28.4. The minimum atomic E-state index is -3.43. The monoisotopic (exact) mass is 566 g/mol. The molecule has 0 radical (unpaired) electrons. The number of hydrogen-bond donors (Lipinski definition) is 2. The van der Waals surface area contributed by atoms with Gasteiger partial charge in [-0.05, 0) is 29.7 Å². The summed E-state index contributed by atoms with van der Waals surface area (Å²) < 4.78 is 38.0. The van der Waals surface area contributed by atoms with Gasteiger partial charge in [-0.2, -0.15) is 0 Å². The summed E-state index contributed by atoms with van der Waals surface area (Å²) in [5, 5.41) is 14.5. The Labute approximate surface area is 237 Å². The summed E-state index contributed by atoms with van der Waals surface area (Å²) in [5.41, 5.74) is 2.83. The third kappa shape index (κ3) is 7.84. The second kappa shape index (κ2) is 14.3. The van der Waals surface area contributed by atoms with E-state index in [9.17, 15) is 13.5 Å². The SMILES string of the molecule is CCS(=O)(=O)c1ccc(OC)c(NC(O)=[N+](CCC(c2ccccc2)c2ccccc2)CCN2CCOCC2)c1. The fourth-order valence-electron chi connectivity index (χ4n) is 4.94. The lowest BCUT2D eigenvalue weighted by Gasteiger charge is -2.26. The van der Waals surface area contributed by atoms with Crippen LogP contribution in [0.5, 0.6) is 5.75 Å². The summed E-state index contributed by atoms with van der Waals surface area (Å²) in [6, 6.07) is 25.4. The number of aliphatic hydroxyl groups is 1. The standard InChI is InChI=1S/C31H39N3O5S/c1-3-40(36,37)27-14-15-30(38-2)29(24-27)32-31(35)34(19-18-33-20-22-39-23-21-33)17-16-28(25-10-6-4-7-11-25)26-12-8-5-9-13-26/h4-15,24,28H,3,16-23H2,1-2H3,(H,32,35)/p+1. The van der Waals surface area contributed by atoms with Crippen LogP contribution < -0.4 is 10.1 Å². The summed E-state index contributed by atoms with van der Waals surface area (Å²) >= 11 is 0. The molecule has 0 atom stereocenters. The Kier molecular flexibility index (Phi) is 10.6. The van der Waals surface area contributed by atoms with Crippen molar-refractivity contribution >= 4 is 21.5 Å². The Morgan fingerprint density at radius 1 is 1.00 bits per heavy atom. The van der Waals surface area contributed by atoms with Gasteiger partial charge >= 0.3 is 6.02 Å². The number of morpholine rings is 1. The number of ether oxygens (including phenoxy) is 2. The van der Waals surface area contributed by atoms with E-state index in [0.717, 1.165) is 26.1 Å². The zero-order valence-electron chi connectivity index (χ0n) is 23.3. The molecule has 0 aromatic heterocycles. The lowest BCUT2D eigenvalue weighted by atomic mass is 9.88. The molecule has 1 aliphatic heterocycles. The largest absolute Gasteiger partial charge is 0.492 e. The Bertz CT molecular complexity index is 1320. The molecule has 1 heterocycles. The van der Waals surface area contributed by atoms with Gasteiger partial charge in [0.25, 0.3) is 0 Å². The number of methoxy groups -OCH3 is 1. The summed E-state index contributed by atoms with van der Waals surface area (Å²) in [4.78, 5) is 2.50. The van der Waals surface area contributed by atoms with E-state index >= 15 is 0 Å². The van der Waals surface area contributed by atoms with Gasteiger partial charge in [-0.15, -0.1) is 0 Å². The molecule has 1 saturated heterocycles. The molecular weight excluding hydrogens is 526 g/mol. The maximum atomic E-state index is 12.5. The molecule has 3 aromatic rings. The lowest BCUT2D eigenvalue weighted by molar-refractivity contribution is -0.536. The van der Waals surface area contributed by atoms with E-state index in [2.05, 4.69) is 58.7 Å². The number of amidine groups is 1. The molecular formula is C31H40N3O5S+. The van der Waals surface area contributed by atoms with Crippen molar-refractivity contribution in [2.24, 2.45) is 0 Å². The van der Waals surface area contributed by atoms with Gasteiger partial charge in [0.2, 0.25) is 0 Å². The fraction of sp³-hybridized carbons (Fsp3) is 0.387. The van der Waals surface area contributed by atoms with E-state index in [-0.39, 0.29) is 22.6 Å². The number of anilines is 1. The van der Waals surface area contributed by atoms with Gasteiger partial charge in [0.1, 0.15) is 6.54 Å². The smallest absolute Gasteiger partial charge is 0.446 e. The minimum absolute atomic E-state index is 0.0134. The molecule has 0 amide bonds. The van der Waals surface area contributed by atoms with E-state index in [1.54, 1.807) is 13.0 Å². The predicted molar refractivity (Wildman–Crippen MR) is 159 cm³/mol. The van der Waals surface area contributed by atoms with Gasteiger partial charge in [-0.25, -0.2) is 18.3 Å². The molecule has 9 heteroatoms. The minimum Gasteiger partial charge on any atom is -0.492 e. The van der Waals surface area contributed by atoms with Gasteiger partial charge < -0.3 is 14.6 Å². The molecule has 8 nitrogen and oxygen atoms in total. The normalized spacial score (nSPS) is 15.1. The third-order valence-corrected chi connectivity index (χ3v) is 9.07. The van der Waals surface area contributed by atoms with E-state index < -0.39 is 9.84 Å². The van der Waals surface area contributed by atoms with Crippen LogP contribution >= 0.6 is 0 Å². The first-order chi connectivity index (χ1) is 19.4. The second-order valence-electron chi connectivity index (χ2n) is 9.82. The highest BCUT2D eigenvalue weighted by Crippen LogP contribution is 2.29. The van der Waals surface area contributed by atoms with Crippen molar-refractivity contribution in [2.45, 2.75) is 24.2 Å². The number of nitrogens with one attached hydrogen (secondary N) is 1. The molecule has 1 aliphatic rings. The van der Waals surface area contributed by atoms with Gasteiger partial charge in [0, 0.05) is 31.6 Å². The third-order valence-electron chi connectivity index (χ3n) is 7.34. The highest BCUT2D eigenvalue weighted by molar-refractivity contribution is 7.91. The Balaban J connectivity index is 1.63. The van der Waals surface area contributed by atoms with Crippen LogP contribution in [-0.2, 0) is 14.6 Å². The van der Waals surface area contributed by atoms with Crippen LogP contribution in [0.15, 0.2) is 83.8 Å². The van der Waals surface area contributed by atoms with Crippen molar-refractivity contribution in [2.75, 3.05) is 64.1 Å². The predicted octanol–water partition coefficient (Wildman–Crippen LogP) is 4.38. The highest BCUT2D eigenvalue weighted by atomic mass is 32.2. The summed E-state index contributed by atoms with van der Waals surface area (Å²) in [7, 11) is -1.91. The van der Waals surface area contributed by atoms with Crippen LogP contribution in [0.2, 0.25) is 0 Å². The Morgan fingerprint density at radius 2 is 1.62 bits per heavy atom. The Hall–Kier alpha value is -3.40. The fourth-order valence-corrected chi connectivity index (χ4v) is 5.84. The molecule has 1 fully saturated rings. The van der Waals surface area contributed by atoms with E-state index in [0.29, 0.717) is 37.7 Å². The summed E-state index contributed by atoms with van der Waals surface area (Å²) in [5.74, 6) is 0.579. The van der Waals surface area contributed by atoms with Gasteiger partial charge in [0.15, 0.2) is 21.3 Å². The lowest BCUT2D eigenvalue weighted by Crippen LogP contribution is -2.41. The number of hydrogen-bond acceptors (Lipinski definition) is 5. The zero-order valence-corrected chi connectivity index (χ0v) is 24.1. The molecule has 3 aromatic carbocycles. The average Bonchev–Trinajstić information content (AvgIpc) is 3.00. The first-order valence-electron chi connectivity index (χ1n) is 13.8. The van der Waals surface area contributed by atoms with Gasteiger partial charge in [-0.1, -0.05) is 67.6 Å². The van der Waals surface area contributed by atoms with E-state index in [4.69, 9.17) is 9.47 Å². The van der Waals surface area contributed by atoms with Crippen LogP contribution in [0, 0.1) is 0 Å². The van der Waals surface area contributed by atoms with Gasteiger partial charge in [0.05, 0.1) is 37.5 Å². The van der Waals surface area contributed by atoms with Crippen molar-refractivity contribution in [1.29, 1.82) is 0 Å².